The van der Waals surface area contributed by atoms with Crippen LogP contribution in [0.15, 0.2) is 30.3 Å². The van der Waals surface area contributed by atoms with Gasteiger partial charge in [-0.15, -0.1) is 0 Å². The number of benzene rings is 1. The van der Waals surface area contributed by atoms with E-state index in [0.29, 0.717) is 18.9 Å². The lowest BCUT2D eigenvalue weighted by Crippen LogP contribution is -2.56. The maximum Gasteiger partial charge on any atom is 0.320 e. The maximum atomic E-state index is 13.7. The summed E-state index contributed by atoms with van der Waals surface area (Å²) in [6.07, 6.45) is 10.6. The summed E-state index contributed by atoms with van der Waals surface area (Å²) >= 11 is 0. The van der Waals surface area contributed by atoms with Crippen LogP contribution in [0.1, 0.15) is 69.8 Å². The third-order valence-electron chi connectivity index (χ3n) is 9.45. The number of nitrogens with zero attached hydrogens (tertiary/aromatic N) is 4. The molecule has 3 amide bonds. The Morgan fingerprint density at radius 3 is 2.26 bits per heavy atom. The van der Waals surface area contributed by atoms with Gasteiger partial charge in [-0.1, -0.05) is 36.8 Å². The molecule has 6 heteroatoms. The first-order chi connectivity index (χ1) is 16.4. The number of carbonyl (C=O) groups is 2. The largest absolute Gasteiger partial charge is 0.343 e. The van der Waals surface area contributed by atoms with Gasteiger partial charge in [-0.05, 0) is 76.9 Å². The van der Waals surface area contributed by atoms with Crippen molar-refractivity contribution < 1.29 is 9.59 Å². The molecular formula is C28H42N4O2. The van der Waals surface area contributed by atoms with Gasteiger partial charge < -0.3 is 14.7 Å². The Labute approximate surface area is 205 Å². The number of hydrogen-bond donors (Lipinski definition) is 0. The number of amides is 3. The molecule has 0 unspecified atom stereocenters. The normalized spacial score (nSPS) is 30.0. The standard InChI is InChI=1S/C28H42N4O2/c1-29(2)28(24-11-4-3-5-12-24)16-14-27(15-17-28)22-31(20-13-25(33)30-18-6-7-19-30)26(34)32(27)21-23-9-8-10-23/h3-5,11-12,23H,6-10,13-22H2,1-2H3. The van der Waals surface area contributed by atoms with E-state index in [1.54, 1.807) is 0 Å². The predicted octanol–water partition coefficient (Wildman–Crippen LogP) is 4.31. The SMILES string of the molecule is CN(C)C1(c2ccccc2)CCC2(CC1)CN(CCC(=O)N1CCCC1)C(=O)N2CC1CCC1. The summed E-state index contributed by atoms with van der Waals surface area (Å²) in [7, 11) is 4.40. The molecule has 1 spiro atoms. The van der Waals surface area contributed by atoms with Gasteiger partial charge in [0.1, 0.15) is 0 Å². The molecule has 6 nitrogen and oxygen atoms in total. The smallest absolute Gasteiger partial charge is 0.320 e. The summed E-state index contributed by atoms with van der Waals surface area (Å²) in [6.45, 7) is 4.02. The van der Waals surface area contributed by atoms with Crippen LogP contribution >= 0.6 is 0 Å². The van der Waals surface area contributed by atoms with Crippen LogP contribution in [-0.2, 0) is 10.3 Å². The zero-order valence-corrected chi connectivity index (χ0v) is 21.2. The predicted molar refractivity (Wildman–Crippen MR) is 134 cm³/mol. The van der Waals surface area contributed by atoms with Gasteiger partial charge in [0.2, 0.25) is 5.91 Å². The van der Waals surface area contributed by atoms with Crippen LogP contribution in [0.3, 0.4) is 0 Å². The summed E-state index contributed by atoms with van der Waals surface area (Å²) in [5.74, 6) is 0.873. The zero-order valence-electron chi connectivity index (χ0n) is 21.2. The lowest BCUT2D eigenvalue weighted by Gasteiger charge is -2.51. The second-order valence-electron chi connectivity index (χ2n) is 11.5. The monoisotopic (exact) mass is 466 g/mol. The van der Waals surface area contributed by atoms with Gasteiger partial charge in [0.25, 0.3) is 0 Å². The van der Waals surface area contributed by atoms with Crippen LogP contribution in [0.2, 0.25) is 0 Å². The Balaban J connectivity index is 1.32. The summed E-state index contributed by atoms with van der Waals surface area (Å²) in [6, 6.07) is 11.1. The van der Waals surface area contributed by atoms with Gasteiger partial charge in [-0.25, -0.2) is 4.79 Å². The molecule has 2 heterocycles. The molecule has 186 valence electrons. The maximum absolute atomic E-state index is 13.7. The Bertz CT molecular complexity index is 868. The summed E-state index contributed by atoms with van der Waals surface area (Å²) in [4.78, 5) is 35.0. The van der Waals surface area contributed by atoms with Crippen molar-refractivity contribution in [1.29, 1.82) is 0 Å². The highest BCUT2D eigenvalue weighted by atomic mass is 16.2. The topological polar surface area (TPSA) is 47.1 Å². The lowest BCUT2D eigenvalue weighted by atomic mass is 9.68. The van der Waals surface area contributed by atoms with Crippen LogP contribution in [0.25, 0.3) is 0 Å². The third kappa shape index (κ3) is 4.23. The Kier molecular flexibility index (Phi) is 6.62. The Morgan fingerprint density at radius 2 is 1.68 bits per heavy atom. The average molecular weight is 467 g/mol. The van der Waals surface area contributed by atoms with Gasteiger partial charge in [-0.2, -0.15) is 0 Å². The highest BCUT2D eigenvalue weighted by Gasteiger charge is 2.54. The third-order valence-corrected chi connectivity index (χ3v) is 9.45. The molecule has 1 aromatic rings. The van der Waals surface area contributed by atoms with E-state index in [9.17, 15) is 9.59 Å². The van der Waals surface area contributed by atoms with Crippen molar-refractivity contribution in [2.45, 2.75) is 75.3 Å². The van der Waals surface area contributed by atoms with Crippen molar-refractivity contribution in [3.63, 3.8) is 0 Å². The lowest BCUT2D eigenvalue weighted by molar-refractivity contribution is -0.130. The molecule has 34 heavy (non-hydrogen) atoms. The number of likely N-dealkylation sites (tertiary alicyclic amines) is 1. The van der Waals surface area contributed by atoms with E-state index in [2.05, 4.69) is 54.2 Å². The van der Waals surface area contributed by atoms with Gasteiger partial charge in [0, 0.05) is 44.7 Å². The van der Waals surface area contributed by atoms with Crippen LogP contribution < -0.4 is 0 Å². The molecule has 0 radical (unpaired) electrons. The van der Waals surface area contributed by atoms with Crippen molar-refractivity contribution in [1.82, 2.24) is 19.6 Å². The molecule has 1 aromatic carbocycles. The first-order valence-corrected chi connectivity index (χ1v) is 13.5. The molecule has 0 bridgehead atoms. The molecule has 5 rings (SSSR count). The molecule has 0 atom stereocenters. The molecule has 2 aliphatic carbocycles. The molecule has 0 N–H and O–H groups in total. The van der Waals surface area contributed by atoms with Crippen LogP contribution in [-0.4, -0.2) is 83.9 Å². The highest BCUT2D eigenvalue weighted by molar-refractivity contribution is 5.80. The molecule has 2 aliphatic heterocycles. The quantitative estimate of drug-likeness (QED) is 0.602. The van der Waals surface area contributed by atoms with Crippen molar-refractivity contribution >= 4 is 11.9 Å². The molecular weight excluding hydrogens is 424 g/mol. The number of urea groups is 1. The molecule has 2 saturated heterocycles. The average Bonchev–Trinajstić information content (AvgIpc) is 3.44. The van der Waals surface area contributed by atoms with Gasteiger partial charge in [0.15, 0.2) is 0 Å². The first kappa shape index (κ1) is 23.7. The van der Waals surface area contributed by atoms with Crippen molar-refractivity contribution in [2.75, 3.05) is 46.8 Å². The minimum absolute atomic E-state index is 0.0246. The minimum Gasteiger partial charge on any atom is -0.343 e. The van der Waals surface area contributed by atoms with E-state index in [-0.39, 0.29) is 23.0 Å². The van der Waals surface area contributed by atoms with E-state index in [1.165, 1.54) is 24.8 Å². The minimum atomic E-state index is -0.0857. The first-order valence-electron chi connectivity index (χ1n) is 13.5. The van der Waals surface area contributed by atoms with Crippen LogP contribution in [0, 0.1) is 5.92 Å². The van der Waals surface area contributed by atoms with E-state index in [1.807, 2.05) is 9.80 Å². The van der Waals surface area contributed by atoms with Crippen LogP contribution in [0.4, 0.5) is 4.79 Å². The Morgan fingerprint density at radius 1 is 1.00 bits per heavy atom. The number of carbonyl (C=O) groups excluding carboxylic acids is 2. The highest BCUT2D eigenvalue weighted by Crippen LogP contribution is 2.49. The number of hydrogen-bond acceptors (Lipinski definition) is 3. The second-order valence-corrected chi connectivity index (χ2v) is 11.5. The van der Waals surface area contributed by atoms with Crippen molar-refractivity contribution in [3.05, 3.63) is 35.9 Å². The summed E-state index contributed by atoms with van der Waals surface area (Å²) < 4.78 is 0. The summed E-state index contributed by atoms with van der Waals surface area (Å²) in [5, 5.41) is 0. The van der Waals surface area contributed by atoms with Crippen molar-refractivity contribution in [2.24, 2.45) is 5.92 Å². The fourth-order valence-electron chi connectivity index (χ4n) is 6.92. The fraction of sp³-hybridized carbons (Fsp3) is 0.714. The Hall–Kier alpha value is -2.08. The van der Waals surface area contributed by atoms with E-state index >= 15 is 0 Å². The fourth-order valence-corrected chi connectivity index (χ4v) is 6.92. The van der Waals surface area contributed by atoms with Crippen LogP contribution in [0.5, 0.6) is 0 Å². The van der Waals surface area contributed by atoms with E-state index < -0.39 is 0 Å². The number of rotatable bonds is 7. The molecule has 4 aliphatic rings. The van der Waals surface area contributed by atoms with Gasteiger partial charge >= 0.3 is 6.03 Å². The van der Waals surface area contributed by atoms with Crippen molar-refractivity contribution in [3.8, 4) is 0 Å². The van der Waals surface area contributed by atoms with E-state index in [4.69, 9.17) is 0 Å². The summed E-state index contributed by atoms with van der Waals surface area (Å²) in [5.41, 5.74) is 1.33. The molecule has 4 fully saturated rings. The second kappa shape index (κ2) is 9.52. The van der Waals surface area contributed by atoms with Gasteiger partial charge in [0.05, 0.1) is 5.54 Å². The van der Waals surface area contributed by atoms with Gasteiger partial charge in [-0.3, -0.25) is 9.69 Å². The van der Waals surface area contributed by atoms with E-state index in [0.717, 1.165) is 64.7 Å². The molecule has 2 saturated carbocycles. The molecule has 0 aromatic heterocycles. The zero-order chi connectivity index (χ0) is 23.8.